The summed E-state index contributed by atoms with van der Waals surface area (Å²) in [4.78, 5) is 24.2. The number of nitrogens with zero attached hydrogens (tertiary/aromatic N) is 3. The lowest BCUT2D eigenvalue weighted by atomic mass is 10.2. The molecule has 0 saturated heterocycles. The van der Waals surface area contributed by atoms with Crippen molar-refractivity contribution in [3.8, 4) is 5.88 Å². The number of aromatic hydroxyl groups is 1. The first kappa shape index (κ1) is 20.9. The number of amides is 2. The van der Waals surface area contributed by atoms with Crippen molar-refractivity contribution in [3.05, 3.63) is 95.8 Å². The molecule has 4 aromatic rings. The van der Waals surface area contributed by atoms with Gasteiger partial charge in [0.15, 0.2) is 5.69 Å². The fraction of sp³-hybridized carbons (Fsp3) is 0.0833. The van der Waals surface area contributed by atoms with Crippen molar-refractivity contribution < 1.29 is 19.1 Å². The van der Waals surface area contributed by atoms with Gasteiger partial charge in [-0.15, -0.1) is 10.2 Å². The van der Waals surface area contributed by atoms with Gasteiger partial charge in [0.05, 0.1) is 12.1 Å². The SMILES string of the molecule is O=C(CNC(=O)c1cccc(F)c1)N=Nc1c(O)n(Cc2ccccc2)c2ccccc12. The van der Waals surface area contributed by atoms with E-state index in [1.807, 2.05) is 42.5 Å². The first-order valence-corrected chi connectivity index (χ1v) is 9.85. The van der Waals surface area contributed by atoms with Gasteiger partial charge in [-0.2, -0.15) is 0 Å². The molecular weight excluding hydrogens is 411 g/mol. The number of rotatable bonds is 6. The van der Waals surface area contributed by atoms with Crippen LogP contribution in [0.25, 0.3) is 10.9 Å². The highest BCUT2D eigenvalue weighted by atomic mass is 19.1. The molecule has 8 heteroatoms. The van der Waals surface area contributed by atoms with Gasteiger partial charge in [0.25, 0.3) is 11.8 Å². The van der Waals surface area contributed by atoms with E-state index in [2.05, 4.69) is 15.5 Å². The second-order valence-electron chi connectivity index (χ2n) is 7.05. The zero-order valence-electron chi connectivity index (χ0n) is 16.9. The second-order valence-corrected chi connectivity index (χ2v) is 7.05. The molecule has 4 rings (SSSR count). The summed E-state index contributed by atoms with van der Waals surface area (Å²) in [5.74, 6) is -1.98. The number of fused-ring (bicyclic) bond motifs is 1. The van der Waals surface area contributed by atoms with Gasteiger partial charge < -0.3 is 15.0 Å². The van der Waals surface area contributed by atoms with Crippen molar-refractivity contribution in [2.45, 2.75) is 6.54 Å². The normalized spacial score (nSPS) is 11.2. The maximum Gasteiger partial charge on any atom is 0.283 e. The summed E-state index contributed by atoms with van der Waals surface area (Å²) in [6.07, 6.45) is 0. The highest BCUT2D eigenvalue weighted by molar-refractivity contribution is 5.97. The molecule has 160 valence electrons. The van der Waals surface area contributed by atoms with Crippen LogP contribution in [0.4, 0.5) is 10.1 Å². The van der Waals surface area contributed by atoms with Crippen LogP contribution < -0.4 is 5.32 Å². The van der Waals surface area contributed by atoms with Gasteiger partial charge in [0.2, 0.25) is 5.88 Å². The molecule has 0 unspecified atom stereocenters. The van der Waals surface area contributed by atoms with Crippen LogP contribution in [0.15, 0.2) is 89.1 Å². The minimum atomic E-state index is -0.714. The van der Waals surface area contributed by atoms with E-state index in [0.29, 0.717) is 11.9 Å². The van der Waals surface area contributed by atoms with Gasteiger partial charge in [-0.25, -0.2) is 4.39 Å². The van der Waals surface area contributed by atoms with Crippen LogP contribution in [-0.2, 0) is 11.3 Å². The molecule has 32 heavy (non-hydrogen) atoms. The Morgan fingerprint density at radius 2 is 1.72 bits per heavy atom. The zero-order chi connectivity index (χ0) is 22.5. The lowest BCUT2D eigenvalue weighted by molar-refractivity contribution is -0.117. The van der Waals surface area contributed by atoms with E-state index in [1.165, 1.54) is 18.2 Å². The van der Waals surface area contributed by atoms with E-state index in [4.69, 9.17) is 0 Å². The summed E-state index contributed by atoms with van der Waals surface area (Å²) in [6.45, 7) is 0.00259. The van der Waals surface area contributed by atoms with Crippen LogP contribution in [0.5, 0.6) is 5.88 Å². The Bertz CT molecular complexity index is 1320. The second kappa shape index (κ2) is 9.22. The van der Waals surface area contributed by atoms with Crippen LogP contribution >= 0.6 is 0 Å². The molecule has 0 spiro atoms. The van der Waals surface area contributed by atoms with Gasteiger partial charge in [-0.1, -0.05) is 54.6 Å². The third kappa shape index (κ3) is 4.54. The molecule has 0 aliphatic carbocycles. The highest BCUT2D eigenvalue weighted by Crippen LogP contribution is 2.39. The Balaban J connectivity index is 1.51. The van der Waals surface area contributed by atoms with Crippen LogP contribution in [0, 0.1) is 5.82 Å². The molecule has 1 heterocycles. The van der Waals surface area contributed by atoms with Crippen molar-refractivity contribution in [1.82, 2.24) is 9.88 Å². The molecular formula is C24H19FN4O3. The molecule has 7 nitrogen and oxygen atoms in total. The molecule has 3 aromatic carbocycles. The van der Waals surface area contributed by atoms with E-state index < -0.39 is 24.2 Å². The molecule has 0 fully saturated rings. The van der Waals surface area contributed by atoms with Gasteiger partial charge in [0.1, 0.15) is 12.4 Å². The van der Waals surface area contributed by atoms with E-state index >= 15 is 0 Å². The highest BCUT2D eigenvalue weighted by Gasteiger charge is 2.17. The van der Waals surface area contributed by atoms with Crippen LogP contribution in [-0.4, -0.2) is 28.0 Å². The molecule has 0 saturated carbocycles. The number of aromatic nitrogens is 1. The van der Waals surface area contributed by atoms with E-state index in [9.17, 15) is 19.1 Å². The lowest BCUT2D eigenvalue weighted by Gasteiger charge is -2.06. The summed E-state index contributed by atoms with van der Waals surface area (Å²) < 4.78 is 14.9. The predicted molar refractivity (Wildman–Crippen MR) is 117 cm³/mol. The Kier molecular flexibility index (Phi) is 6.03. The van der Waals surface area contributed by atoms with Crippen LogP contribution in [0.3, 0.4) is 0 Å². The number of azo groups is 1. The zero-order valence-corrected chi connectivity index (χ0v) is 16.9. The fourth-order valence-electron chi connectivity index (χ4n) is 3.33. The molecule has 0 aliphatic rings. The van der Waals surface area contributed by atoms with Crippen molar-refractivity contribution >= 4 is 28.4 Å². The molecule has 2 amide bonds. The van der Waals surface area contributed by atoms with E-state index in [-0.39, 0.29) is 17.1 Å². The monoisotopic (exact) mass is 430 g/mol. The van der Waals surface area contributed by atoms with Crippen molar-refractivity contribution in [2.75, 3.05) is 6.54 Å². The molecule has 0 atom stereocenters. The van der Waals surface area contributed by atoms with Gasteiger partial charge >= 0.3 is 0 Å². The number of hydrogen-bond acceptors (Lipinski definition) is 4. The third-order valence-corrected chi connectivity index (χ3v) is 4.85. The quantitative estimate of drug-likeness (QED) is 0.439. The number of nitrogens with one attached hydrogen (secondary N) is 1. The molecule has 0 bridgehead atoms. The first-order chi connectivity index (χ1) is 15.5. The summed E-state index contributed by atoms with van der Waals surface area (Å²) in [5.41, 5.74) is 2.00. The Labute approximate surface area is 182 Å². The number of benzene rings is 3. The summed E-state index contributed by atoms with van der Waals surface area (Å²) >= 11 is 0. The smallest absolute Gasteiger partial charge is 0.283 e. The Morgan fingerprint density at radius 1 is 0.969 bits per heavy atom. The minimum absolute atomic E-state index is 0.0939. The topological polar surface area (TPSA) is 96.1 Å². The maximum atomic E-state index is 13.2. The average Bonchev–Trinajstić information content (AvgIpc) is 3.07. The number of carbonyl (C=O) groups excluding carboxylic acids is 2. The van der Waals surface area contributed by atoms with Gasteiger partial charge in [-0.05, 0) is 29.8 Å². The molecule has 1 aromatic heterocycles. The third-order valence-electron chi connectivity index (χ3n) is 4.85. The van der Waals surface area contributed by atoms with E-state index in [1.54, 1.807) is 16.7 Å². The standard InChI is InChI=1S/C24H19FN4O3/c25-18-10-6-9-17(13-18)23(31)26-14-21(30)27-28-22-19-11-4-5-12-20(19)29(24(22)32)15-16-7-2-1-3-8-16/h1-13,32H,14-15H2,(H,26,31). The number of halogens is 1. The van der Waals surface area contributed by atoms with Crippen molar-refractivity contribution in [1.29, 1.82) is 0 Å². The largest absolute Gasteiger partial charge is 0.493 e. The van der Waals surface area contributed by atoms with Crippen molar-refractivity contribution in [3.63, 3.8) is 0 Å². The summed E-state index contributed by atoms with van der Waals surface area (Å²) in [5, 5.41) is 21.4. The fourth-order valence-corrected chi connectivity index (χ4v) is 3.33. The average molecular weight is 430 g/mol. The molecule has 2 N–H and O–H groups in total. The predicted octanol–water partition coefficient (Wildman–Crippen LogP) is 4.57. The summed E-state index contributed by atoms with van der Waals surface area (Å²) in [6, 6.07) is 22.0. The Hall–Kier alpha value is -4.33. The minimum Gasteiger partial charge on any atom is -0.493 e. The van der Waals surface area contributed by atoms with Gasteiger partial charge in [0, 0.05) is 10.9 Å². The number of carbonyl (C=O) groups is 2. The number of para-hydroxylation sites is 1. The van der Waals surface area contributed by atoms with Crippen LogP contribution in [0.1, 0.15) is 15.9 Å². The maximum absolute atomic E-state index is 13.2. The van der Waals surface area contributed by atoms with Crippen molar-refractivity contribution in [2.24, 2.45) is 10.2 Å². The van der Waals surface area contributed by atoms with E-state index in [0.717, 1.165) is 17.1 Å². The molecule has 0 aliphatic heterocycles. The lowest BCUT2D eigenvalue weighted by Crippen LogP contribution is -2.28. The first-order valence-electron chi connectivity index (χ1n) is 9.85. The Morgan fingerprint density at radius 3 is 2.50 bits per heavy atom. The van der Waals surface area contributed by atoms with Crippen LogP contribution in [0.2, 0.25) is 0 Å². The molecule has 0 radical (unpaired) electrons. The summed E-state index contributed by atoms with van der Waals surface area (Å²) in [7, 11) is 0. The van der Waals surface area contributed by atoms with Gasteiger partial charge in [-0.3, -0.25) is 9.59 Å². The number of hydrogen-bond donors (Lipinski definition) is 2.